The topological polar surface area (TPSA) is 72.5 Å². The van der Waals surface area contributed by atoms with E-state index in [0.717, 1.165) is 5.56 Å². The Morgan fingerprint density at radius 2 is 1.89 bits per heavy atom. The summed E-state index contributed by atoms with van der Waals surface area (Å²) in [5.41, 5.74) is 6.91. The number of ether oxygens (including phenoxy) is 1. The van der Waals surface area contributed by atoms with Crippen LogP contribution in [-0.2, 0) is 11.3 Å². The molecule has 0 fully saturated rings. The van der Waals surface area contributed by atoms with Gasteiger partial charge in [-0.05, 0) is 23.8 Å². The zero-order chi connectivity index (χ0) is 13.0. The molecule has 3 N–H and O–H groups in total. The molecule has 0 saturated heterocycles. The van der Waals surface area contributed by atoms with E-state index in [0.29, 0.717) is 5.69 Å². The molecule has 0 radical (unpaired) electrons. The van der Waals surface area contributed by atoms with Gasteiger partial charge in [-0.15, -0.1) is 0 Å². The summed E-state index contributed by atoms with van der Waals surface area (Å²) >= 11 is 0. The molecule has 18 heavy (non-hydrogen) atoms. The van der Waals surface area contributed by atoms with E-state index in [1.54, 1.807) is 0 Å². The van der Waals surface area contributed by atoms with Gasteiger partial charge in [0.15, 0.2) is 0 Å². The van der Waals surface area contributed by atoms with Gasteiger partial charge in [0.25, 0.3) is 0 Å². The van der Waals surface area contributed by atoms with Crippen LogP contribution in [0.25, 0.3) is 0 Å². The van der Waals surface area contributed by atoms with Crippen LogP contribution in [0.15, 0.2) is 48.5 Å². The summed E-state index contributed by atoms with van der Waals surface area (Å²) in [6, 6.07) is 13.6. The molecule has 2 aromatic carbocycles. The number of carbonyl (C=O) groups is 1. The number of hydrogen-bond donors (Lipinski definition) is 2. The van der Waals surface area contributed by atoms with Crippen molar-refractivity contribution in [3.8, 4) is 5.75 Å². The molecule has 4 nitrogen and oxygen atoms in total. The highest BCUT2D eigenvalue weighted by Gasteiger charge is 2.12. The third kappa shape index (κ3) is 2.79. The minimum absolute atomic E-state index is 0.0749. The van der Waals surface area contributed by atoms with E-state index in [9.17, 15) is 9.90 Å². The van der Waals surface area contributed by atoms with Crippen LogP contribution in [0, 0.1) is 0 Å². The van der Waals surface area contributed by atoms with Crippen molar-refractivity contribution in [2.75, 3.05) is 5.73 Å². The van der Waals surface area contributed by atoms with Crippen LogP contribution in [-0.4, -0.2) is 11.1 Å². The van der Waals surface area contributed by atoms with E-state index in [1.807, 2.05) is 30.3 Å². The number of rotatable bonds is 3. The van der Waals surface area contributed by atoms with E-state index in [-0.39, 0.29) is 17.9 Å². The maximum atomic E-state index is 11.8. The van der Waals surface area contributed by atoms with Gasteiger partial charge in [0.05, 0.1) is 0 Å². The molecule has 0 saturated carbocycles. The molecular formula is C14H13NO3. The predicted octanol–water partition coefficient (Wildman–Crippen LogP) is 2.33. The Bertz CT molecular complexity index is 552. The average Bonchev–Trinajstić information content (AvgIpc) is 2.40. The molecule has 0 spiro atoms. The lowest BCUT2D eigenvalue weighted by molar-refractivity contribution is 0.0469. The van der Waals surface area contributed by atoms with Crippen LogP contribution in [0.2, 0.25) is 0 Å². The third-order valence-corrected chi connectivity index (χ3v) is 2.45. The lowest BCUT2D eigenvalue weighted by Gasteiger charge is -2.07. The Hall–Kier alpha value is -2.49. The number of nitrogen functional groups attached to an aromatic ring is 1. The number of hydrogen-bond acceptors (Lipinski definition) is 4. The van der Waals surface area contributed by atoms with E-state index >= 15 is 0 Å². The summed E-state index contributed by atoms with van der Waals surface area (Å²) in [6.07, 6.45) is 0. The van der Waals surface area contributed by atoms with Gasteiger partial charge in [-0.25, -0.2) is 4.79 Å². The largest absolute Gasteiger partial charge is 0.507 e. The molecule has 0 aliphatic heterocycles. The highest BCUT2D eigenvalue weighted by molar-refractivity contribution is 5.93. The van der Waals surface area contributed by atoms with Crippen molar-refractivity contribution in [3.63, 3.8) is 0 Å². The molecule has 0 bridgehead atoms. The zero-order valence-electron chi connectivity index (χ0n) is 9.67. The van der Waals surface area contributed by atoms with Gasteiger partial charge in [0.1, 0.15) is 17.9 Å². The number of anilines is 1. The van der Waals surface area contributed by atoms with Crippen molar-refractivity contribution in [1.82, 2.24) is 0 Å². The Labute approximate surface area is 105 Å². The Balaban J connectivity index is 2.06. The number of phenolic OH excluding ortho intramolecular Hbond substituents is 1. The van der Waals surface area contributed by atoms with Crippen molar-refractivity contribution in [2.24, 2.45) is 0 Å². The van der Waals surface area contributed by atoms with Gasteiger partial charge in [-0.3, -0.25) is 0 Å². The molecule has 2 rings (SSSR count). The molecule has 0 atom stereocenters. The molecule has 92 valence electrons. The maximum Gasteiger partial charge on any atom is 0.342 e. The number of aromatic hydroxyl groups is 1. The first-order valence-electron chi connectivity index (χ1n) is 5.46. The minimum Gasteiger partial charge on any atom is -0.507 e. The Kier molecular flexibility index (Phi) is 3.48. The fourth-order valence-electron chi connectivity index (χ4n) is 1.52. The van der Waals surface area contributed by atoms with E-state index in [4.69, 9.17) is 10.5 Å². The van der Waals surface area contributed by atoms with Crippen molar-refractivity contribution < 1.29 is 14.6 Å². The first kappa shape index (κ1) is 12.0. The second-order valence-electron chi connectivity index (χ2n) is 3.84. The van der Waals surface area contributed by atoms with Crippen molar-refractivity contribution in [2.45, 2.75) is 6.61 Å². The molecule has 4 heteroatoms. The first-order valence-corrected chi connectivity index (χ1v) is 5.46. The van der Waals surface area contributed by atoms with Crippen LogP contribution in [0.5, 0.6) is 5.75 Å². The van der Waals surface area contributed by atoms with Crippen LogP contribution in [0.1, 0.15) is 15.9 Å². The monoisotopic (exact) mass is 243 g/mol. The summed E-state index contributed by atoms with van der Waals surface area (Å²) < 4.78 is 5.10. The van der Waals surface area contributed by atoms with Crippen LogP contribution in [0.4, 0.5) is 5.69 Å². The minimum atomic E-state index is -0.594. The highest BCUT2D eigenvalue weighted by atomic mass is 16.5. The van der Waals surface area contributed by atoms with Gasteiger partial charge in [0.2, 0.25) is 0 Å². The van der Waals surface area contributed by atoms with E-state index < -0.39 is 5.97 Å². The van der Waals surface area contributed by atoms with Gasteiger partial charge in [-0.2, -0.15) is 0 Å². The van der Waals surface area contributed by atoms with Crippen molar-refractivity contribution in [1.29, 1.82) is 0 Å². The smallest absolute Gasteiger partial charge is 0.342 e. The summed E-state index contributed by atoms with van der Waals surface area (Å²) in [6.45, 7) is 0.161. The standard InChI is InChI=1S/C14H13NO3/c15-11-6-7-13(16)12(8-11)14(17)18-9-10-4-2-1-3-5-10/h1-8,16H,9,15H2. The molecule has 0 amide bonds. The highest BCUT2D eigenvalue weighted by Crippen LogP contribution is 2.21. The van der Waals surface area contributed by atoms with Crippen LogP contribution >= 0.6 is 0 Å². The average molecular weight is 243 g/mol. The number of nitrogens with two attached hydrogens (primary N) is 1. The number of carbonyl (C=O) groups excluding carboxylic acids is 1. The van der Waals surface area contributed by atoms with Gasteiger partial charge in [0, 0.05) is 5.69 Å². The first-order chi connectivity index (χ1) is 8.66. The quantitative estimate of drug-likeness (QED) is 0.493. The zero-order valence-corrected chi connectivity index (χ0v) is 9.67. The summed E-state index contributed by atoms with van der Waals surface area (Å²) in [7, 11) is 0. The summed E-state index contributed by atoms with van der Waals surface area (Å²) in [4.78, 5) is 11.8. The normalized spacial score (nSPS) is 10.0. The van der Waals surface area contributed by atoms with Crippen molar-refractivity contribution >= 4 is 11.7 Å². The lowest BCUT2D eigenvalue weighted by atomic mass is 10.2. The number of esters is 1. The second kappa shape index (κ2) is 5.23. The van der Waals surface area contributed by atoms with Gasteiger partial charge in [-0.1, -0.05) is 30.3 Å². The van der Waals surface area contributed by atoms with Gasteiger partial charge >= 0.3 is 5.97 Å². The molecule has 0 aliphatic rings. The fraction of sp³-hybridized carbons (Fsp3) is 0.0714. The van der Waals surface area contributed by atoms with E-state index in [1.165, 1.54) is 18.2 Å². The van der Waals surface area contributed by atoms with Crippen molar-refractivity contribution in [3.05, 3.63) is 59.7 Å². The van der Waals surface area contributed by atoms with Crippen LogP contribution in [0.3, 0.4) is 0 Å². The molecule has 0 aliphatic carbocycles. The SMILES string of the molecule is Nc1ccc(O)c(C(=O)OCc2ccccc2)c1. The maximum absolute atomic E-state index is 11.8. The van der Waals surface area contributed by atoms with Crippen LogP contribution < -0.4 is 5.73 Å². The van der Waals surface area contributed by atoms with E-state index in [2.05, 4.69) is 0 Å². The molecule has 0 unspecified atom stereocenters. The molecular weight excluding hydrogens is 230 g/mol. The Morgan fingerprint density at radius 3 is 2.61 bits per heavy atom. The summed E-state index contributed by atoms with van der Waals surface area (Å²) in [5, 5.41) is 9.55. The fourth-order valence-corrected chi connectivity index (χ4v) is 1.52. The second-order valence-corrected chi connectivity index (χ2v) is 3.84. The Morgan fingerprint density at radius 1 is 1.17 bits per heavy atom. The third-order valence-electron chi connectivity index (χ3n) is 2.45. The molecule has 2 aromatic rings. The summed E-state index contributed by atoms with van der Waals surface area (Å²) in [5.74, 6) is -0.731. The number of benzene rings is 2. The molecule has 0 heterocycles. The molecule has 0 aromatic heterocycles. The predicted molar refractivity (Wildman–Crippen MR) is 68.1 cm³/mol. The lowest BCUT2D eigenvalue weighted by Crippen LogP contribution is -2.06. The van der Waals surface area contributed by atoms with Gasteiger partial charge < -0.3 is 15.6 Å². The number of phenols is 1.